The van der Waals surface area contributed by atoms with Gasteiger partial charge < -0.3 is 14.8 Å². The number of sulfonamides is 1. The first-order chi connectivity index (χ1) is 13.7. The minimum atomic E-state index is -3.90. The number of halogens is 2. The number of hydrogen-bond acceptors (Lipinski definition) is 6. The smallest absolute Gasteiger partial charge is 0.267 e. The molecule has 1 unspecified atom stereocenters. The van der Waals surface area contributed by atoms with Crippen molar-refractivity contribution in [3.05, 3.63) is 64.7 Å². The predicted octanol–water partition coefficient (Wildman–Crippen LogP) is 1.89. The maximum atomic E-state index is 14.3. The third-order valence-electron chi connectivity index (χ3n) is 4.21. The Morgan fingerprint density at radius 2 is 2.07 bits per heavy atom. The van der Waals surface area contributed by atoms with Gasteiger partial charge in [-0.05, 0) is 29.8 Å². The van der Waals surface area contributed by atoms with E-state index in [1.54, 1.807) is 22.9 Å². The zero-order valence-corrected chi connectivity index (χ0v) is 16.4. The molecule has 7 nitrogen and oxygen atoms in total. The summed E-state index contributed by atoms with van der Waals surface area (Å²) < 4.78 is 63.5. The highest BCUT2D eigenvalue weighted by molar-refractivity contribution is 7.89. The molecular weight excluding hydrogens is 406 g/mol. The van der Waals surface area contributed by atoms with Crippen molar-refractivity contribution in [2.24, 2.45) is 0 Å². The molecule has 10 heteroatoms. The van der Waals surface area contributed by atoms with Gasteiger partial charge in [0.1, 0.15) is 24.0 Å². The van der Waals surface area contributed by atoms with Gasteiger partial charge in [0.25, 0.3) is 5.91 Å². The molecule has 0 bridgehead atoms. The Morgan fingerprint density at radius 3 is 2.76 bits per heavy atom. The first kappa shape index (κ1) is 21.2. The highest BCUT2D eigenvalue weighted by Crippen LogP contribution is 2.24. The highest BCUT2D eigenvalue weighted by atomic mass is 32.2. The lowest BCUT2D eigenvalue weighted by atomic mass is 10.1. The molecular formula is C19H20F2N2O5S. The number of carbonyl (C=O) groups excluding carboxylic acids is 1. The van der Waals surface area contributed by atoms with E-state index in [0.29, 0.717) is 25.0 Å². The molecule has 156 valence electrons. The number of benzene rings is 2. The van der Waals surface area contributed by atoms with E-state index in [9.17, 15) is 22.0 Å². The van der Waals surface area contributed by atoms with Crippen LogP contribution in [0.1, 0.15) is 27.6 Å². The number of ether oxygens (including phenoxy) is 2. The normalized spacial score (nSPS) is 17.0. The topological polar surface area (TPSA) is 93.7 Å². The number of amides is 1. The zero-order chi connectivity index (χ0) is 21.0. The van der Waals surface area contributed by atoms with Crippen LogP contribution in [-0.4, -0.2) is 40.3 Å². The maximum Gasteiger partial charge on any atom is 0.267 e. The maximum absolute atomic E-state index is 14.3. The second-order valence-electron chi connectivity index (χ2n) is 6.55. The summed E-state index contributed by atoms with van der Waals surface area (Å²) in [7, 11) is -3.90. The zero-order valence-electron chi connectivity index (χ0n) is 15.6. The van der Waals surface area contributed by atoms with Crippen LogP contribution in [0.3, 0.4) is 0 Å². The van der Waals surface area contributed by atoms with Crippen LogP contribution in [0.15, 0.2) is 36.4 Å². The van der Waals surface area contributed by atoms with E-state index in [4.69, 9.17) is 9.47 Å². The number of rotatable bonds is 6. The number of carbonyl (C=O) groups is 1. The molecule has 0 aromatic heterocycles. The van der Waals surface area contributed by atoms with E-state index in [1.165, 1.54) is 0 Å². The average Bonchev–Trinajstić information content (AvgIpc) is 2.68. The third kappa shape index (κ3) is 5.72. The van der Waals surface area contributed by atoms with E-state index in [1.807, 2.05) is 6.07 Å². The van der Waals surface area contributed by atoms with Crippen molar-refractivity contribution < 1.29 is 31.5 Å². The van der Waals surface area contributed by atoms with Crippen molar-refractivity contribution >= 4 is 15.9 Å². The van der Waals surface area contributed by atoms with Crippen molar-refractivity contribution in [2.75, 3.05) is 26.0 Å². The molecule has 1 aliphatic heterocycles. The minimum absolute atomic E-state index is 0.112. The molecule has 1 atom stereocenters. The van der Waals surface area contributed by atoms with Crippen LogP contribution >= 0.6 is 0 Å². The molecule has 0 aliphatic carbocycles. The summed E-state index contributed by atoms with van der Waals surface area (Å²) >= 11 is 0. The van der Waals surface area contributed by atoms with Crippen molar-refractivity contribution in [3.63, 3.8) is 0 Å². The molecule has 0 saturated carbocycles. The lowest BCUT2D eigenvalue weighted by molar-refractivity contribution is 0.0275. The van der Waals surface area contributed by atoms with Gasteiger partial charge in [-0.2, -0.15) is 0 Å². The van der Waals surface area contributed by atoms with Crippen LogP contribution in [0.25, 0.3) is 0 Å². The van der Waals surface area contributed by atoms with Crippen LogP contribution in [-0.2, 0) is 21.4 Å². The summed E-state index contributed by atoms with van der Waals surface area (Å²) in [5.41, 5.74) is 0.0779. The summed E-state index contributed by atoms with van der Waals surface area (Å²) in [5.74, 6) is -2.73. The summed E-state index contributed by atoms with van der Waals surface area (Å²) in [6.45, 7) is 1.78. The Balaban J connectivity index is 1.71. The van der Waals surface area contributed by atoms with Gasteiger partial charge in [0.15, 0.2) is 0 Å². The monoisotopic (exact) mass is 426 g/mol. The van der Waals surface area contributed by atoms with Crippen LogP contribution in [0.5, 0.6) is 5.75 Å². The summed E-state index contributed by atoms with van der Waals surface area (Å²) in [6, 6.07) is 8.57. The molecule has 2 N–H and O–H groups in total. The van der Waals surface area contributed by atoms with Crippen LogP contribution < -0.4 is 14.8 Å². The first-order valence-corrected chi connectivity index (χ1v) is 10.7. The molecule has 1 fully saturated rings. The highest BCUT2D eigenvalue weighted by Gasteiger charge is 2.20. The molecule has 1 heterocycles. The second-order valence-corrected chi connectivity index (χ2v) is 8.30. The molecule has 2 aromatic carbocycles. The van der Waals surface area contributed by atoms with E-state index in [2.05, 4.69) is 5.32 Å². The van der Waals surface area contributed by atoms with Crippen molar-refractivity contribution in [1.29, 1.82) is 0 Å². The summed E-state index contributed by atoms with van der Waals surface area (Å²) in [6.07, 6.45) is 0.623. The van der Waals surface area contributed by atoms with Crippen LogP contribution in [0, 0.1) is 11.6 Å². The Morgan fingerprint density at radius 1 is 1.28 bits per heavy atom. The van der Waals surface area contributed by atoms with Crippen LogP contribution in [0.2, 0.25) is 0 Å². The minimum Gasteiger partial charge on any atom is -0.489 e. The Bertz CT molecular complexity index is 1010. The van der Waals surface area contributed by atoms with Crippen molar-refractivity contribution in [3.8, 4) is 5.75 Å². The Kier molecular flexibility index (Phi) is 6.46. The van der Waals surface area contributed by atoms with Gasteiger partial charge in [-0.15, -0.1) is 0 Å². The van der Waals surface area contributed by atoms with E-state index >= 15 is 0 Å². The standard InChI is InChI=1S/C19H20F2N2O5S/c1-29(25,26)23-19(24)15-9-16(20)13(8-17(15)21)11-28-14-4-2-3-12(7-14)18-10-22-5-6-27-18/h2-4,7-9,18,22H,5-6,10-11H2,1H3,(H,23,24). The van der Waals surface area contributed by atoms with Gasteiger partial charge in [-0.25, -0.2) is 21.9 Å². The van der Waals surface area contributed by atoms with Crippen molar-refractivity contribution in [1.82, 2.24) is 10.0 Å². The lowest BCUT2D eigenvalue weighted by Crippen LogP contribution is -2.33. The molecule has 0 radical (unpaired) electrons. The number of morpholine rings is 1. The lowest BCUT2D eigenvalue weighted by Gasteiger charge is -2.24. The summed E-state index contributed by atoms with van der Waals surface area (Å²) in [4.78, 5) is 11.8. The third-order valence-corrected chi connectivity index (χ3v) is 4.77. The SMILES string of the molecule is CS(=O)(=O)NC(=O)c1cc(F)c(COc2cccc(C3CNCCO3)c2)cc1F. The van der Waals surface area contributed by atoms with E-state index in [-0.39, 0.29) is 18.3 Å². The largest absolute Gasteiger partial charge is 0.489 e. The average molecular weight is 426 g/mol. The number of nitrogens with one attached hydrogen (secondary N) is 2. The van der Waals surface area contributed by atoms with E-state index in [0.717, 1.165) is 24.4 Å². The first-order valence-electron chi connectivity index (χ1n) is 8.78. The van der Waals surface area contributed by atoms with Gasteiger partial charge in [0.05, 0.1) is 24.5 Å². The fraction of sp³-hybridized carbons (Fsp3) is 0.316. The second kappa shape index (κ2) is 8.85. The molecule has 1 saturated heterocycles. The number of hydrogen-bond donors (Lipinski definition) is 2. The Hall–Kier alpha value is -2.56. The van der Waals surface area contributed by atoms with Gasteiger partial charge in [0, 0.05) is 18.7 Å². The fourth-order valence-corrected chi connectivity index (χ4v) is 3.29. The van der Waals surface area contributed by atoms with Gasteiger partial charge in [0.2, 0.25) is 10.0 Å². The molecule has 1 amide bonds. The Labute approximate surface area is 167 Å². The quantitative estimate of drug-likeness (QED) is 0.733. The molecule has 0 spiro atoms. The van der Waals surface area contributed by atoms with Crippen LogP contribution in [0.4, 0.5) is 8.78 Å². The van der Waals surface area contributed by atoms with Crippen molar-refractivity contribution in [2.45, 2.75) is 12.7 Å². The van der Waals surface area contributed by atoms with Gasteiger partial charge in [-0.3, -0.25) is 4.79 Å². The predicted molar refractivity (Wildman–Crippen MR) is 101 cm³/mol. The summed E-state index contributed by atoms with van der Waals surface area (Å²) in [5, 5.41) is 3.23. The van der Waals surface area contributed by atoms with Gasteiger partial charge in [-0.1, -0.05) is 12.1 Å². The van der Waals surface area contributed by atoms with E-state index < -0.39 is 33.1 Å². The molecule has 1 aliphatic rings. The molecule has 29 heavy (non-hydrogen) atoms. The van der Waals surface area contributed by atoms with Gasteiger partial charge >= 0.3 is 0 Å². The molecule has 3 rings (SSSR count). The fourth-order valence-electron chi connectivity index (χ4n) is 2.84. The molecule has 2 aromatic rings.